The van der Waals surface area contributed by atoms with Crippen LogP contribution in [0.15, 0.2) is 66.1 Å². The molecule has 0 aromatic heterocycles. The van der Waals surface area contributed by atoms with Gasteiger partial charge in [-0.05, 0) is 37.3 Å². The molecule has 0 atom stereocenters. The minimum Gasteiger partial charge on any atom is -0.462 e. The van der Waals surface area contributed by atoms with E-state index in [4.69, 9.17) is 16.3 Å². The first-order valence-corrected chi connectivity index (χ1v) is 9.39. The van der Waals surface area contributed by atoms with Gasteiger partial charge in [0.1, 0.15) is 0 Å². The first-order valence-electron chi connectivity index (χ1n) is 7.57. The quantitative estimate of drug-likeness (QED) is 0.540. The number of carbonyl (C=O) groups is 1. The molecule has 132 valence electrons. The average Bonchev–Trinajstić information content (AvgIpc) is 2.61. The van der Waals surface area contributed by atoms with Crippen molar-refractivity contribution >= 4 is 33.3 Å². The van der Waals surface area contributed by atoms with Crippen molar-refractivity contribution < 1.29 is 17.9 Å². The molecule has 7 heteroatoms. The van der Waals surface area contributed by atoms with E-state index in [0.29, 0.717) is 5.69 Å². The second-order valence-electron chi connectivity index (χ2n) is 5.02. The molecule has 0 fully saturated rings. The third-order valence-electron chi connectivity index (χ3n) is 3.36. The summed E-state index contributed by atoms with van der Waals surface area (Å²) in [5, 5.41) is 0.192. The van der Waals surface area contributed by atoms with Crippen LogP contribution in [0.5, 0.6) is 0 Å². The molecule has 25 heavy (non-hydrogen) atoms. The van der Waals surface area contributed by atoms with Crippen LogP contribution in [-0.2, 0) is 14.8 Å². The Labute approximate surface area is 152 Å². The highest BCUT2D eigenvalue weighted by molar-refractivity contribution is 7.92. The molecule has 0 saturated carbocycles. The van der Waals surface area contributed by atoms with Crippen LogP contribution in [0, 0.1) is 0 Å². The van der Waals surface area contributed by atoms with E-state index in [2.05, 4.69) is 6.58 Å². The number of ether oxygens (including phenoxy) is 1. The smallest absolute Gasteiger partial charge is 0.339 e. The van der Waals surface area contributed by atoms with Crippen molar-refractivity contribution in [2.75, 3.05) is 17.5 Å². The summed E-state index contributed by atoms with van der Waals surface area (Å²) in [6, 6.07) is 12.5. The Hall–Kier alpha value is -2.31. The van der Waals surface area contributed by atoms with E-state index in [1.807, 2.05) is 0 Å². The zero-order chi connectivity index (χ0) is 18.4. The summed E-state index contributed by atoms with van der Waals surface area (Å²) >= 11 is 6.05. The van der Waals surface area contributed by atoms with Gasteiger partial charge in [0.05, 0.1) is 34.3 Å². The summed E-state index contributed by atoms with van der Waals surface area (Å²) in [5.74, 6) is -0.606. The van der Waals surface area contributed by atoms with Crippen LogP contribution < -0.4 is 4.31 Å². The molecule has 2 rings (SSSR count). The topological polar surface area (TPSA) is 63.7 Å². The zero-order valence-corrected chi connectivity index (χ0v) is 15.3. The molecule has 0 unspecified atom stereocenters. The van der Waals surface area contributed by atoms with Crippen molar-refractivity contribution in [3.63, 3.8) is 0 Å². The Morgan fingerprint density at radius 2 is 1.92 bits per heavy atom. The Kier molecular flexibility index (Phi) is 6.22. The van der Waals surface area contributed by atoms with Crippen molar-refractivity contribution in [2.45, 2.75) is 11.8 Å². The molecule has 0 aliphatic heterocycles. The van der Waals surface area contributed by atoms with Crippen LogP contribution in [0.4, 0.5) is 5.69 Å². The van der Waals surface area contributed by atoms with Crippen molar-refractivity contribution in [3.05, 3.63) is 71.8 Å². The number of hydrogen-bond acceptors (Lipinski definition) is 4. The van der Waals surface area contributed by atoms with Crippen LogP contribution >= 0.6 is 11.6 Å². The van der Waals surface area contributed by atoms with Crippen molar-refractivity contribution in [1.82, 2.24) is 0 Å². The minimum atomic E-state index is -3.82. The summed E-state index contributed by atoms with van der Waals surface area (Å²) in [6.45, 7) is 5.53. The number of anilines is 1. The molecule has 0 aliphatic rings. The lowest BCUT2D eigenvalue weighted by Gasteiger charge is -2.23. The van der Waals surface area contributed by atoms with E-state index >= 15 is 0 Å². The third kappa shape index (κ3) is 4.21. The molecule has 0 saturated heterocycles. The lowest BCUT2D eigenvalue weighted by molar-refractivity contribution is 0.0526. The predicted molar refractivity (Wildman–Crippen MR) is 98.6 cm³/mol. The summed E-state index contributed by atoms with van der Waals surface area (Å²) in [6.07, 6.45) is 1.47. The fraction of sp³-hybridized carbons (Fsp3) is 0.167. The molecule has 0 radical (unpaired) electrons. The van der Waals surface area contributed by atoms with E-state index < -0.39 is 16.0 Å². The van der Waals surface area contributed by atoms with Gasteiger partial charge in [-0.1, -0.05) is 35.9 Å². The highest BCUT2D eigenvalue weighted by Crippen LogP contribution is 2.28. The lowest BCUT2D eigenvalue weighted by atomic mass is 10.2. The van der Waals surface area contributed by atoms with E-state index in [0.717, 1.165) is 4.31 Å². The summed E-state index contributed by atoms with van der Waals surface area (Å²) < 4.78 is 32.0. The number of nitrogens with zero attached hydrogens (tertiary/aromatic N) is 1. The maximum absolute atomic E-state index is 12.9. The van der Waals surface area contributed by atoms with Gasteiger partial charge in [-0.3, -0.25) is 4.31 Å². The molecule has 0 N–H and O–H groups in total. The number of halogens is 1. The Morgan fingerprint density at radius 1 is 1.24 bits per heavy atom. The number of carbonyl (C=O) groups excluding carboxylic acids is 1. The minimum absolute atomic E-state index is 0.0428. The zero-order valence-electron chi connectivity index (χ0n) is 13.7. The molecule has 0 spiro atoms. The summed E-state index contributed by atoms with van der Waals surface area (Å²) in [5.41, 5.74) is 0.412. The van der Waals surface area contributed by atoms with E-state index in [1.54, 1.807) is 25.1 Å². The van der Waals surface area contributed by atoms with Gasteiger partial charge < -0.3 is 4.74 Å². The molecule has 0 heterocycles. The number of hydrogen-bond donors (Lipinski definition) is 0. The van der Waals surface area contributed by atoms with Crippen molar-refractivity contribution in [3.8, 4) is 0 Å². The Balaban J connectivity index is 2.53. The predicted octanol–water partition coefficient (Wildman–Crippen LogP) is 3.90. The Bertz CT molecular complexity index is 866. The molecule has 0 aliphatic carbocycles. The SMILES string of the molecule is C=CCN(c1ccc(Cl)c(C(=O)OCC)c1)S(=O)(=O)c1ccccc1. The molecular weight excluding hydrogens is 362 g/mol. The van der Waals surface area contributed by atoms with Crippen LogP contribution in [0.25, 0.3) is 0 Å². The second kappa shape index (κ2) is 8.18. The number of rotatable bonds is 7. The normalized spacial score (nSPS) is 11.0. The number of esters is 1. The van der Waals surface area contributed by atoms with Gasteiger partial charge in [0.15, 0.2) is 0 Å². The van der Waals surface area contributed by atoms with Gasteiger partial charge in [-0.2, -0.15) is 0 Å². The van der Waals surface area contributed by atoms with E-state index in [-0.39, 0.29) is 28.6 Å². The van der Waals surface area contributed by atoms with Gasteiger partial charge in [0.2, 0.25) is 0 Å². The average molecular weight is 380 g/mol. The fourth-order valence-electron chi connectivity index (χ4n) is 2.21. The van der Waals surface area contributed by atoms with E-state index in [9.17, 15) is 13.2 Å². The van der Waals surface area contributed by atoms with Gasteiger partial charge in [0.25, 0.3) is 10.0 Å². The van der Waals surface area contributed by atoms with Gasteiger partial charge in [-0.15, -0.1) is 6.58 Å². The molecule has 2 aromatic carbocycles. The summed E-state index contributed by atoms with van der Waals surface area (Å²) in [4.78, 5) is 12.2. The monoisotopic (exact) mass is 379 g/mol. The van der Waals surface area contributed by atoms with Crippen LogP contribution in [0.1, 0.15) is 17.3 Å². The van der Waals surface area contributed by atoms with E-state index in [1.165, 1.54) is 36.4 Å². The van der Waals surface area contributed by atoms with Crippen molar-refractivity contribution in [1.29, 1.82) is 0 Å². The van der Waals surface area contributed by atoms with Gasteiger partial charge in [-0.25, -0.2) is 13.2 Å². The maximum atomic E-state index is 12.9. The van der Waals surface area contributed by atoms with Crippen LogP contribution in [-0.4, -0.2) is 27.5 Å². The second-order valence-corrected chi connectivity index (χ2v) is 7.29. The van der Waals surface area contributed by atoms with Gasteiger partial charge in [0, 0.05) is 0 Å². The highest BCUT2D eigenvalue weighted by atomic mass is 35.5. The standard InChI is InChI=1S/C18H18ClNO4S/c1-3-12-20(25(22,23)15-8-6-5-7-9-15)14-10-11-17(19)16(13-14)18(21)24-4-2/h3,5-11,13H,1,4,12H2,2H3. The first kappa shape index (κ1) is 19.0. The molecule has 0 amide bonds. The fourth-order valence-corrected chi connectivity index (χ4v) is 3.86. The highest BCUT2D eigenvalue weighted by Gasteiger charge is 2.25. The van der Waals surface area contributed by atoms with Crippen LogP contribution in [0.3, 0.4) is 0 Å². The summed E-state index contributed by atoms with van der Waals surface area (Å²) in [7, 11) is -3.82. The molecular formula is C18H18ClNO4S. The Morgan fingerprint density at radius 3 is 2.52 bits per heavy atom. The molecule has 0 bridgehead atoms. The lowest BCUT2D eigenvalue weighted by Crippen LogP contribution is -2.31. The van der Waals surface area contributed by atoms with Gasteiger partial charge >= 0.3 is 5.97 Å². The third-order valence-corrected chi connectivity index (χ3v) is 5.50. The van der Waals surface area contributed by atoms with Crippen molar-refractivity contribution in [2.24, 2.45) is 0 Å². The largest absolute Gasteiger partial charge is 0.462 e. The number of benzene rings is 2. The first-order chi connectivity index (χ1) is 11.9. The molecule has 2 aromatic rings. The molecule has 5 nitrogen and oxygen atoms in total. The number of sulfonamides is 1. The maximum Gasteiger partial charge on any atom is 0.339 e. The van der Waals surface area contributed by atoms with Crippen LogP contribution in [0.2, 0.25) is 5.02 Å².